The van der Waals surface area contributed by atoms with Crippen molar-refractivity contribution in [1.29, 1.82) is 0 Å². The summed E-state index contributed by atoms with van der Waals surface area (Å²) in [6, 6.07) is -0.678. The van der Waals surface area contributed by atoms with Gasteiger partial charge in [-0.15, -0.1) is 0 Å². The number of allylic oxidation sites excluding steroid dienone is 10. The third kappa shape index (κ3) is 31.1. The molecule has 0 rings (SSSR count). The molecule has 4 nitrogen and oxygen atoms in total. The van der Waals surface area contributed by atoms with Gasteiger partial charge in [0.15, 0.2) is 0 Å². The van der Waals surface area contributed by atoms with E-state index in [9.17, 15) is 15.0 Å². The number of rotatable bonds is 30. The summed E-state index contributed by atoms with van der Waals surface area (Å²) in [7, 11) is 0. The van der Waals surface area contributed by atoms with Gasteiger partial charge in [0.1, 0.15) is 0 Å². The van der Waals surface area contributed by atoms with Gasteiger partial charge in [0.2, 0.25) is 5.91 Å². The molecule has 3 N–H and O–H groups in total. The highest BCUT2D eigenvalue weighted by Crippen LogP contribution is 2.13. The fourth-order valence-electron chi connectivity index (χ4n) is 4.77. The van der Waals surface area contributed by atoms with Gasteiger partial charge in [-0.05, 0) is 44.9 Å². The fourth-order valence-corrected chi connectivity index (χ4v) is 4.77. The zero-order chi connectivity index (χ0) is 31.5. The van der Waals surface area contributed by atoms with Crippen molar-refractivity contribution < 1.29 is 15.0 Å². The molecule has 0 saturated carbocycles. The normalized spacial score (nSPS) is 14.0. The molecule has 0 spiro atoms. The van der Waals surface area contributed by atoms with Crippen LogP contribution >= 0.6 is 0 Å². The quantitative estimate of drug-likeness (QED) is 0.0570. The number of unbranched alkanes of at least 4 members (excludes halogenated alkanes) is 14. The smallest absolute Gasteiger partial charge is 0.224 e. The van der Waals surface area contributed by atoms with Crippen LogP contribution < -0.4 is 5.32 Å². The molecule has 4 heteroatoms. The average Bonchev–Trinajstić information content (AvgIpc) is 3.01. The SMILES string of the molecule is CC/C=C\C/C=C\C/C=C\C/C=C\C/C=C\CC(=O)NC(CO)C(O)/C=C/CCCCCCCCCCCCCCCC. The molecular formula is C39H67NO3. The van der Waals surface area contributed by atoms with E-state index in [0.717, 1.165) is 44.9 Å². The van der Waals surface area contributed by atoms with Crippen LogP contribution in [-0.2, 0) is 4.79 Å². The molecule has 43 heavy (non-hydrogen) atoms. The molecule has 0 aromatic heterocycles. The van der Waals surface area contributed by atoms with E-state index >= 15 is 0 Å². The first-order valence-electron chi connectivity index (χ1n) is 17.7. The summed E-state index contributed by atoms with van der Waals surface area (Å²) in [4.78, 5) is 12.2. The van der Waals surface area contributed by atoms with Crippen molar-refractivity contribution in [3.05, 3.63) is 72.9 Å². The van der Waals surface area contributed by atoms with Gasteiger partial charge in [-0.25, -0.2) is 0 Å². The Kier molecular flexibility index (Phi) is 32.6. The first kappa shape index (κ1) is 40.8. The lowest BCUT2D eigenvalue weighted by Gasteiger charge is -2.19. The number of hydrogen-bond acceptors (Lipinski definition) is 3. The number of nitrogens with one attached hydrogen (secondary N) is 1. The highest BCUT2D eigenvalue weighted by atomic mass is 16.3. The maximum Gasteiger partial charge on any atom is 0.224 e. The highest BCUT2D eigenvalue weighted by molar-refractivity contribution is 5.77. The van der Waals surface area contributed by atoms with E-state index < -0.39 is 12.1 Å². The van der Waals surface area contributed by atoms with E-state index in [1.807, 2.05) is 18.2 Å². The van der Waals surface area contributed by atoms with Gasteiger partial charge in [0.05, 0.1) is 18.8 Å². The maximum absolute atomic E-state index is 12.2. The summed E-state index contributed by atoms with van der Waals surface area (Å²) in [6.07, 6.45) is 48.6. The molecule has 1 amide bonds. The van der Waals surface area contributed by atoms with E-state index in [0.29, 0.717) is 0 Å². The Labute approximate surface area is 266 Å². The number of hydrogen-bond donors (Lipinski definition) is 3. The molecule has 2 unspecified atom stereocenters. The van der Waals surface area contributed by atoms with Crippen molar-refractivity contribution in [2.45, 2.75) is 161 Å². The highest BCUT2D eigenvalue weighted by Gasteiger charge is 2.17. The molecule has 0 heterocycles. The van der Waals surface area contributed by atoms with Crippen molar-refractivity contribution in [2.75, 3.05) is 6.61 Å². The van der Waals surface area contributed by atoms with E-state index in [1.54, 1.807) is 6.08 Å². The topological polar surface area (TPSA) is 69.6 Å². The second kappa shape index (κ2) is 34.3. The molecule has 0 aliphatic carbocycles. The van der Waals surface area contributed by atoms with Gasteiger partial charge in [0.25, 0.3) is 0 Å². The summed E-state index contributed by atoms with van der Waals surface area (Å²) >= 11 is 0. The third-order valence-corrected chi connectivity index (χ3v) is 7.47. The van der Waals surface area contributed by atoms with E-state index in [-0.39, 0.29) is 18.9 Å². The van der Waals surface area contributed by atoms with Crippen molar-refractivity contribution >= 4 is 5.91 Å². The van der Waals surface area contributed by atoms with Crippen LogP contribution in [0.5, 0.6) is 0 Å². The van der Waals surface area contributed by atoms with Crippen LogP contribution in [0.15, 0.2) is 72.9 Å². The van der Waals surface area contributed by atoms with Gasteiger partial charge in [-0.3, -0.25) is 4.79 Å². The molecule has 0 aromatic carbocycles. The molecule has 0 fully saturated rings. The summed E-state index contributed by atoms with van der Waals surface area (Å²) in [5.41, 5.74) is 0. The Morgan fingerprint density at radius 3 is 1.44 bits per heavy atom. The molecule has 0 aromatic rings. The van der Waals surface area contributed by atoms with Gasteiger partial charge < -0.3 is 15.5 Å². The largest absolute Gasteiger partial charge is 0.394 e. The molecule has 0 bridgehead atoms. The predicted molar refractivity (Wildman–Crippen MR) is 188 cm³/mol. The number of carbonyl (C=O) groups excluding carboxylic acids is 1. The minimum atomic E-state index is -0.881. The predicted octanol–water partition coefficient (Wildman–Crippen LogP) is 10.4. The minimum Gasteiger partial charge on any atom is -0.394 e. The van der Waals surface area contributed by atoms with Crippen molar-refractivity contribution in [3.63, 3.8) is 0 Å². The van der Waals surface area contributed by atoms with Gasteiger partial charge in [-0.1, -0.05) is 170 Å². The molecule has 0 aliphatic heterocycles. The average molecular weight is 598 g/mol. The van der Waals surface area contributed by atoms with Crippen LogP contribution in [0.2, 0.25) is 0 Å². The van der Waals surface area contributed by atoms with Crippen LogP contribution in [0.4, 0.5) is 0 Å². The van der Waals surface area contributed by atoms with Crippen LogP contribution in [0, 0.1) is 0 Å². The lowest BCUT2D eigenvalue weighted by Crippen LogP contribution is -2.44. The Morgan fingerprint density at radius 1 is 0.581 bits per heavy atom. The lowest BCUT2D eigenvalue weighted by atomic mass is 10.0. The number of carbonyl (C=O) groups is 1. The van der Waals surface area contributed by atoms with Gasteiger partial charge >= 0.3 is 0 Å². The van der Waals surface area contributed by atoms with E-state index in [1.165, 1.54) is 83.5 Å². The number of amides is 1. The molecule has 0 radical (unpaired) electrons. The standard InChI is InChI=1S/C39H67NO3/c1-3-5-7-9-11-13-15-17-19-21-22-24-26-28-30-32-34-38(42)37(36-41)40-39(43)35-33-31-29-27-25-23-20-18-16-14-12-10-8-6-4-2/h6,8,12,14,18,20,25,27,31-34,37-38,41-42H,3-5,7,9-11,13,15-17,19,21-24,26,28-30,35-36H2,1-2H3,(H,40,43)/b8-6-,14-12-,20-18-,27-25-,33-31-,34-32+. The first-order chi connectivity index (χ1) is 21.2. The zero-order valence-corrected chi connectivity index (χ0v) is 27.9. The summed E-state index contributed by atoms with van der Waals surface area (Å²) < 4.78 is 0. The maximum atomic E-state index is 12.2. The summed E-state index contributed by atoms with van der Waals surface area (Å²) in [5.74, 6) is -0.195. The van der Waals surface area contributed by atoms with Gasteiger partial charge in [0, 0.05) is 6.42 Å². The Morgan fingerprint density at radius 2 is 1.00 bits per heavy atom. The summed E-state index contributed by atoms with van der Waals surface area (Å²) in [5, 5.41) is 22.8. The third-order valence-electron chi connectivity index (χ3n) is 7.47. The Balaban J connectivity index is 3.81. The van der Waals surface area contributed by atoms with Crippen molar-refractivity contribution in [1.82, 2.24) is 5.32 Å². The number of aliphatic hydroxyl groups excluding tert-OH is 2. The van der Waals surface area contributed by atoms with Crippen molar-refractivity contribution in [3.8, 4) is 0 Å². The van der Waals surface area contributed by atoms with Gasteiger partial charge in [-0.2, -0.15) is 0 Å². The van der Waals surface area contributed by atoms with Crippen LogP contribution in [0.3, 0.4) is 0 Å². The van der Waals surface area contributed by atoms with E-state index in [2.05, 4.69) is 67.8 Å². The second-order valence-corrected chi connectivity index (χ2v) is 11.6. The molecule has 246 valence electrons. The summed E-state index contributed by atoms with van der Waals surface area (Å²) in [6.45, 7) is 4.13. The second-order valence-electron chi connectivity index (χ2n) is 11.6. The Hall–Kier alpha value is -2.17. The molecule has 0 saturated heterocycles. The van der Waals surface area contributed by atoms with Crippen LogP contribution in [0.25, 0.3) is 0 Å². The lowest BCUT2D eigenvalue weighted by molar-refractivity contribution is -0.122. The van der Waals surface area contributed by atoms with Crippen molar-refractivity contribution in [2.24, 2.45) is 0 Å². The first-order valence-corrected chi connectivity index (χ1v) is 17.7. The number of aliphatic hydroxyl groups is 2. The monoisotopic (exact) mass is 598 g/mol. The molecular weight excluding hydrogens is 530 g/mol. The molecule has 2 atom stereocenters. The minimum absolute atomic E-state index is 0.195. The molecule has 0 aliphatic rings. The van der Waals surface area contributed by atoms with Crippen LogP contribution in [-0.4, -0.2) is 34.9 Å². The zero-order valence-electron chi connectivity index (χ0n) is 27.9. The fraction of sp³-hybridized carbons (Fsp3) is 0.667. The van der Waals surface area contributed by atoms with Crippen LogP contribution in [0.1, 0.15) is 149 Å². The van der Waals surface area contributed by atoms with E-state index in [4.69, 9.17) is 0 Å². The Bertz CT molecular complexity index is 777.